The van der Waals surface area contributed by atoms with Crippen molar-refractivity contribution in [2.45, 2.75) is 71.9 Å². The average Bonchev–Trinajstić information content (AvgIpc) is 2.25. The largest absolute Gasteiger partial charge is 0.328 e. The van der Waals surface area contributed by atoms with Crippen LogP contribution in [-0.4, -0.2) is 12.1 Å². The Hall–Kier alpha value is -0.0800. The molecule has 2 nitrogen and oxygen atoms in total. The van der Waals surface area contributed by atoms with Crippen LogP contribution in [0, 0.1) is 35.5 Å². The van der Waals surface area contributed by atoms with Gasteiger partial charge in [-0.25, -0.2) is 0 Å². The molecule has 19 heavy (non-hydrogen) atoms. The van der Waals surface area contributed by atoms with Gasteiger partial charge < -0.3 is 11.5 Å². The van der Waals surface area contributed by atoms with E-state index in [-0.39, 0.29) is 0 Å². The van der Waals surface area contributed by atoms with Crippen LogP contribution >= 0.6 is 0 Å². The van der Waals surface area contributed by atoms with Gasteiger partial charge in [-0.1, -0.05) is 27.7 Å². The number of nitrogens with two attached hydrogens (primary N) is 2. The molecule has 0 spiro atoms. The second-order valence-corrected chi connectivity index (χ2v) is 7.94. The highest BCUT2D eigenvalue weighted by Crippen LogP contribution is 2.44. The molecule has 0 saturated heterocycles. The molecule has 2 heteroatoms. The van der Waals surface area contributed by atoms with E-state index in [1.54, 1.807) is 0 Å². The topological polar surface area (TPSA) is 52.0 Å². The first kappa shape index (κ1) is 15.3. The molecule has 2 aliphatic rings. The summed E-state index contributed by atoms with van der Waals surface area (Å²) in [5.41, 5.74) is 12.3. The Morgan fingerprint density at radius 2 is 0.895 bits per heavy atom. The molecule has 0 aliphatic heterocycles. The van der Waals surface area contributed by atoms with E-state index in [0.717, 1.165) is 35.5 Å². The zero-order valence-corrected chi connectivity index (χ0v) is 13.3. The van der Waals surface area contributed by atoms with Crippen LogP contribution in [0.2, 0.25) is 0 Å². The van der Waals surface area contributed by atoms with Crippen molar-refractivity contribution < 1.29 is 0 Å². The van der Waals surface area contributed by atoms with Gasteiger partial charge in [0, 0.05) is 12.1 Å². The minimum atomic E-state index is 0.441. The Morgan fingerprint density at radius 1 is 0.632 bits per heavy atom. The standard InChI is InChI=1S/C17H34N2/c1-10-5-14(18)6-11(2)16(10)9-17-12(3)7-15(19)8-13(17)4/h10-17H,5-9,18-19H2,1-4H3. The smallest absolute Gasteiger partial charge is 0.00441 e. The fourth-order valence-electron chi connectivity index (χ4n) is 5.17. The molecule has 0 aromatic carbocycles. The Balaban J connectivity index is 1.99. The molecule has 4 N–H and O–H groups in total. The molecule has 2 fully saturated rings. The van der Waals surface area contributed by atoms with Crippen LogP contribution in [-0.2, 0) is 0 Å². The molecule has 0 bridgehead atoms. The van der Waals surface area contributed by atoms with Crippen LogP contribution < -0.4 is 11.5 Å². The summed E-state index contributed by atoms with van der Waals surface area (Å²) < 4.78 is 0. The molecular weight excluding hydrogens is 232 g/mol. The maximum absolute atomic E-state index is 6.17. The Labute approximate surface area is 119 Å². The van der Waals surface area contributed by atoms with E-state index in [1.807, 2.05) is 0 Å². The Bertz CT molecular complexity index is 239. The summed E-state index contributed by atoms with van der Waals surface area (Å²) in [5.74, 6) is 4.96. The predicted octanol–water partition coefficient (Wildman–Crippen LogP) is 3.40. The lowest BCUT2D eigenvalue weighted by Crippen LogP contribution is -2.42. The minimum absolute atomic E-state index is 0.441. The van der Waals surface area contributed by atoms with Crippen molar-refractivity contribution in [3.63, 3.8) is 0 Å². The first-order valence-corrected chi connectivity index (χ1v) is 8.39. The summed E-state index contributed by atoms with van der Waals surface area (Å²) in [5, 5.41) is 0. The maximum atomic E-state index is 6.17. The molecule has 0 heterocycles. The molecule has 0 aromatic rings. The molecule has 0 aromatic heterocycles. The maximum Gasteiger partial charge on any atom is 0.00441 e. The SMILES string of the molecule is CC1CC(N)CC(C)C1CC1C(C)CC(N)CC1C. The minimum Gasteiger partial charge on any atom is -0.328 e. The molecule has 112 valence electrons. The van der Waals surface area contributed by atoms with Gasteiger partial charge in [0.25, 0.3) is 0 Å². The van der Waals surface area contributed by atoms with Gasteiger partial charge in [0.2, 0.25) is 0 Å². The van der Waals surface area contributed by atoms with Gasteiger partial charge in [-0.05, 0) is 67.6 Å². The second kappa shape index (κ2) is 6.13. The van der Waals surface area contributed by atoms with Gasteiger partial charge in [-0.15, -0.1) is 0 Å². The van der Waals surface area contributed by atoms with Crippen LogP contribution in [0.25, 0.3) is 0 Å². The first-order valence-electron chi connectivity index (χ1n) is 8.39. The van der Waals surface area contributed by atoms with Gasteiger partial charge in [0.15, 0.2) is 0 Å². The monoisotopic (exact) mass is 266 g/mol. The summed E-state index contributed by atoms with van der Waals surface area (Å²) in [7, 11) is 0. The summed E-state index contributed by atoms with van der Waals surface area (Å²) in [6, 6.07) is 0.881. The van der Waals surface area contributed by atoms with Gasteiger partial charge in [-0.3, -0.25) is 0 Å². The van der Waals surface area contributed by atoms with Crippen LogP contribution in [0.5, 0.6) is 0 Å². The first-order chi connectivity index (χ1) is 8.88. The highest BCUT2D eigenvalue weighted by atomic mass is 14.7. The van der Waals surface area contributed by atoms with E-state index in [4.69, 9.17) is 11.5 Å². The highest BCUT2D eigenvalue weighted by molar-refractivity contribution is 4.90. The summed E-state index contributed by atoms with van der Waals surface area (Å²) in [6.45, 7) is 9.68. The van der Waals surface area contributed by atoms with Crippen molar-refractivity contribution in [2.75, 3.05) is 0 Å². The molecule has 2 saturated carbocycles. The second-order valence-electron chi connectivity index (χ2n) is 7.94. The number of hydrogen-bond acceptors (Lipinski definition) is 2. The lowest BCUT2D eigenvalue weighted by Gasteiger charge is -2.44. The van der Waals surface area contributed by atoms with Gasteiger partial charge in [0.1, 0.15) is 0 Å². The van der Waals surface area contributed by atoms with Crippen LogP contribution in [0.4, 0.5) is 0 Å². The summed E-state index contributed by atoms with van der Waals surface area (Å²) >= 11 is 0. The third-order valence-electron chi connectivity index (χ3n) is 6.17. The van der Waals surface area contributed by atoms with Crippen molar-refractivity contribution in [1.82, 2.24) is 0 Å². The number of hydrogen-bond donors (Lipinski definition) is 2. The fraction of sp³-hybridized carbons (Fsp3) is 1.00. The summed E-state index contributed by atoms with van der Waals surface area (Å²) in [4.78, 5) is 0. The lowest BCUT2D eigenvalue weighted by atomic mass is 9.62. The molecule has 0 radical (unpaired) electrons. The molecule has 4 atom stereocenters. The van der Waals surface area contributed by atoms with Gasteiger partial charge in [0.05, 0.1) is 0 Å². The van der Waals surface area contributed by atoms with E-state index < -0.39 is 0 Å². The zero-order chi connectivity index (χ0) is 14.2. The third-order valence-corrected chi connectivity index (χ3v) is 6.17. The molecular formula is C17H34N2. The van der Waals surface area contributed by atoms with E-state index >= 15 is 0 Å². The van der Waals surface area contributed by atoms with Crippen LogP contribution in [0.15, 0.2) is 0 Å². The predicted molar refractivity (Wildman–Crippen MR) is 82.7 cm³/mol. The molecule has 2 aliphatic carbocycles. The highest BCUT2D eigenvalue weighted by Gasteiger charge is 2.38. The van der Waals surface area contributed by atoms with Crippen molar-refractivity contribution in [3.05, 3.63) is 0 Å². The van der Waals surface area contributed by atoms with Crippen molar-refractivity contribution in [1.29, 1.82) is 0 Å². The van der Waals surface area contributed by atoms with E-state index in [0.29, 0.717) is 12.1 Å². The Morgan fingerprint density at radius 3 is 1.16 bits per heavy atom. The molecule has 4 unspecified atom stereocenters. The van der Waals surface area contributed by atoms with E-state index in [9.17, 15) is 0 Å². The van der Waals surface area contributed by atoms with Crippen LogP contribution in [0.3, 0.4) is 0 Å². The quantitative estimate of drug-likeness (QED) is 0.805. The van der Waals surface area contributed by atoms with Crippen molar-refractivity contribution in [2.24, 2.45) is 47.0 Å². The zero-order valence-electron chi connectivity index (χ0n) is 13.3. The molecule has 0 amide bonds. The van der Waals surface area contributed by atoms with E-state index in [1.165, 1.54) is 32.1 Å². The third kappa shape index (κ3) is 3.52. The normalized spacial score (nSPS) is 52.1. The molecule has 2 rings (SSSR count). The lowest BCUT2D eigenvalue weighted by molar-refractivity contribution is 0.0711. The average molecular weight is 266 g/mol. The van der Waals surface area contributed by atoms with Gasteiger partial charge in [-0.2, -0.15) is 0 Å². The van der Waals surface area contributed by atoms with Crippen molar-refractivity contribution >= 4 is 0 Å². The van der Waals surface area contributed by atoms with Crippen molar-refractivity contribution in [3.8, 4) is 0 Å². The number of rotatable bonds is 2. The Kier molecular flexibility index (Phi) is 4.94. The van der Waals surface area contributed by atoms with Gasteiger partial charge >= 0.3 is 0 Å². The fourth-order valence-corrected chi connectivity index (χ4v) is 5.17. The van der Waals surface area contributed by atoms with Crippen LogP contribution in [0.1, 0.15) is 59.8 Å². The van der Waals surface area contributed by atoms with E-state index in [2.05, 4.69) is 27.7 Å². The summed E-state index contributed by atoms with van der Waals surface area (Å²) in [6.07, 6.45) is 6.31.